The zero-order chi connectivity index (χ0) is 22.1. The van der Waals surface area contributed by atoms with Crippen molar-refractivity contribution in [1.29, 1.82) is 0 Å². The molecule has 2 bridgehead atoms. The van der Waals surface area contributed by atoms with Crippen molar-refractivity contribution in [3.8, 4) is 0 Å². The lowest BCUT2D eigenvalue weighted by atomic mass is 9.82. The molecule has 174 valence electrons. The second-order valence-corrected chi connectivity index (χ2v) is 8.99. The summed E-state index contributed by atoms with van der Waals surface area (Å²) < 4.78 is 1.87. The van der Waals surface area contributed by atoms with E-state index >= 15 is 0 Å². The number of fused-ring (bicyclic) bond motifs is 4. The lowest BCUT2D eigenvalue weighted by Gasteiger charge is -2.47. The van der Waals surface area contributed by atoms with Gasteiger partial charge in [-0.3, -0.25) is 14.6 Å². The third-order valence-corrected chi connectivity index (χ3v) is 7.02. The number of rotatable bonds is 2. The highest BCUT2D eigenvalue weighted by Crippen LogP contribution is 2.32. The second kappa shape index (κ2) is 9.93. The molecule has 2 atom stereocenters. The number of carbonyl (C=O) groups excluding carboxylic acids is 1. The number of aryl methyl sites for hydroxylation is 1. The molecule has 33 heavy (non-hydrogen) atoms. The van der Waals surface area contributed by atoms with E-state index in [2.05, 4.69) is 44.7 Å². The summed E-state index contributed by atoms with van der Waals surface area (Å²) in [4.78, 5) is 15.1. The van der Waals surface area contributed by atoms with Crippen molar-refractivity contribution in [2.45, 2.75) is 50.2 Å². The Balaban J connectivity index is 0.000000198. The third kappa shape index (κ3) is 4.75. The first-order chi connectivity index (χ1) is 15.6. The number of aromatic amines is 1. The Hall–Kier alpha value is -2.90. The van der Waals surface area contributed by atoms with Crippen LogP contribution in [0.1, 0.15) is 42.6 Å². The van der Waals surface area contributed by atoms with Crippen LogP contribution in [0.3, 0.4) is 0 Å². The summed E-state index contributed by atoms with van der Waals surface area (Å²) in [6, 6.07) is 17.4. The maximum absolute atomic E-state index is 12.6. The van der Waals surface area contributed by atoms with Crippen LogP contribution < -0.4 is 5.32 Å². The summed E-state index contributed by atoms with van der Waals surface area (Å²) in [5.41, 5.74) is 2.61. The lowest BCUT2D eigenvalue weighted by molar-refractivity contribution is 0.0462. The minimum atomic E-state index is -0.0509. The highest BCUT2D eigenvalue weighted by Gasteiger charge is 2.36. The Morgan fingerprint density at radius 3 is 2.48 bits per heavy atom. The van der Waals surface area contributed by atoms with Crippen LogP contribution in [0.15, 0.2) is 54.7 Å². The lowest BCUT2D eigenvalue weighted by Crippen LogP contribution is -2.55. The first-order valence-corrected chi connectivity index (χ1v) is 11.4. The molecule has 7 nitrogen and oxygen atoms in total. The molecule has 1 amide bonds. The number of carbonyl (C=O) groups is 1. The van der Waals surface area contributed by atoms with Gasteiger partial charge in [0.1, 0.15) is 0 Å². The first kappa shape index (κ1) is 23.3. The average Bonchev–Trinajstić information content (AvgIpc) is 3.39. The van der Waals surface area contributed by atoms with E-state index in [-0.39, 0.29) is 24.4 Å². The summed E-state index contributed by atoms with van der Waals surface area (Å²) in [6.45, 7) is 0. The minimum absolute atomic E-state index is 0. The zero-order valence-corrected chi connectivity index (χ0v) is 19.9. The molecule has 2 unspecified atom stereocenters. The Labute approximate surface area is 199 Å². The number of hydrogen-bond acceptors (Lipinski definition) is 4. The second-order valence-electron chi connectivity index (χ2n) is 8.99. The zero-order valence-electron chi connectivity index (χ0n) is 19.1. The molecule has 8 heteroatoms. The van der Waals surface area contributed by atoms with Crippen molar-refractivity contribution < 1.29 is 4.79 Å². The molecule has 4 heterocycles. The van der Waals surface area contributed by atoms with Gasteiger partial charge in [-0.25, -0.2) is 0 Å². The van der Waals surface area contributed by atoms with E-state index in [0.717, 1.165) is 23.7 Å². The standard InChI is InChI=1S/C17H22N4O.C8H8N2.ClH/c1-21-12-5-4-6-13(21)10-11(9-12)18-17(22)16-14-7-2-3-8-15(14)19-20-16;1-10-8-5-3-2-4-7(8)6-9-10;/h2-3,7-8,11-13H,4-6,9-10H2,1H3,(H,18,22)(H,19,20);2-6H,1H3;1H. The molecule has 2 aliphatic heterocycles. The number of hydrogen-bond donors (Lipinski definition) is 2. The maximum Gasteiger partial charge on any atom is 0.272 e. The average molecular weight is 467 g/mol. The molecule has 2 fully saturated rings. The van der Waals surface area contributed by atoms with E-state index in [1.807, 2.05) is 54.3 Å². The van der Waals surface area contributed by atoms with Gasteiger partial charge in [0, 0.05) is 35.9 Å². The van der Waals surface area contributed by atoms with Gasteiger partial charge < -0.3 is 10.2 Å². The minimum Gasteiger partial charge on any atom is -0.348 e. The van der Waals surface area contributed by atoms with Gasteiger partial charge in [0.25, 0.3) is 5.91 Å². The van der Waals surface area contributed by atoms with E-state index in [9.17, 15) is 4.79 Å². The number of H-pyrrole nitrogens is 1. The molecule has 0 radical (unpaired) electrons. The van der Waals surface area contributed by atoms with E-state index in [0.29, 0.717) is 17.8 Å². The number of amides is 1. The number of para-hydroxylation sites is 2. The quantitative estimate of drug-likeness (QED) is 0.461. The summed E-state index contributed by atoms with van der Waals surface area (Å²) in [7, 11) is 4.18. The Bertz CT molecular complexity index is 1220. The predicted molar refractivity (Wildman–Crippen MR) is 134 cm³/mol. The summed E-state index contributed by atoms with van der Waals surface area (Å²) in [5, 5.41) is 16.6. The Morgan fingerprint density at radius 2 is 1.73 bits per heavy atom. The molecule has 2 aromatic carbocycles. The van der Waals surface area contributed by atoms with Crippen LogP contribution in [-0.2, 0) is 7.05 Å². The van der Waals surface area contributed by atoms with Gasteiger partial charge in [-0.15, -0.1) is 12.4 Å². The van der Waals surface area contributed by atoms with Gasteiger partial charge in [-0.2, -0.15) is 10.2 Å². The molecule has 2 saturated heterocycles. The van der Waals surface area contributed by atoms with Gasteiger partial charge in [-0.1, -0.05) is 42.8 Å². The Kier molecular flexibility index (Phi) is 7.00. The number of nitrogens with one attached hydrogen (secondary N) is 2. The van der Waals surface area contributed by atoms with E-state index < -0.39 is 0 Å². The van der Waals surface area contributed by atoms with Gasteiger partial charge >= 0.3 is 0 Å². The molecule has 4 aromatic rings. The van der Waals surface area contributed by atoms with Crippen LogP contribution in [0.4, 0.5) is 0 Å². The summed E-state index contributed by atoms with van der Waals surface area (Å²) in [6.07, 6.45) is 7.82. The van der Waals surface area contributed by atoms with E-state index in [1.165, 1.54) is 30.2 Å². The van der Waals surface area contributed by atoms with E-state index in [1.54, 1.807) is 0 Å². The normalized spacial score (nSPS) is 22.3. The fourth-order valence-corrected chi connectivity index (χ4v) is 5.23. The van der Waals surface area contributed by atoms with Gasteiger partial charge in [0.2, 0.25) is 0 Å². The van der Waals surface area contributed by atoms with Gasteiger partial charge in [0.05, 0.1) is 17.2 Å². The number of aromatic nitrogens is 4. The number of halogens is 1. The maximum atomic E-state index is 12.6. The van der Waals surface area contributed by atoms with Crippen molar-refractivity contribution in [2.75, 3.05) is 7.05 Å². The van der Waals surface area contributed by atoms with E-state index in [4.69, 9.17) is 0 Å². The third-order valence-electron chi connectivity index (χ3n) is 7.02. The highest BCUT2D eigenvalue weighted by molar-refractivity contribution is 6.04. The largest absolute Gasteiger partial charge is 0.348 e. The van der Waals surface area contributed by atoms with Gasteiger partial charge in [-0.05, 0) is 44.9 Å². The topological polar surface area (TPSA) is 78.8 Å². The van der Waals surface area contributed by atoms with Crippen LogP contribution in [0, 0.1) is 0 Å². The van der Waals surface area contributed by atoms with Crippen molar-refractivity contribution in [3.05, 3.63) is 60.4 Å². The first-order valence-electron chi connectivity index (χ1n) is 11.4. The molecular formula is C25H31ClN6O. The Morgan fingerprint density at radius 1 is 1.03 bits per heavy atom. The molecule has 6 rings (SSSR count). The van der Waals surface area contributed by atoms with Crippen LogP contribution in [0.25, 0.3) is 21.8 Å². The fraction of sp³-hybridized carbons (Fsp3) is 0.400. The van der Waals surface area contributed by atoms with Crippen molar-refractivity contribution in [1.82, 2.24) is 30.2 Å². The molecule has 2 N–H and O–H groups in total. The molecular weight excluding hydrogens is 436 g/mol. The van der Waals surface area contributed by atoms with Crippen molar-refractivity contribution in [2.24, 2.45) is 7.05 Å². The summed E-state index contributed by atoms with van der Waals surface area (Å²) in [5.74, 6) is -0.0509. The van der Waals surface area contributed by atoms with Crippen LogP contribution in [-0.4, -0.2) is 56.0 Å². The SMILES string of the molecule is CN1C2CCCC1CC(NC(=O)c1n[nH]c3ccccc13)C2.Cl.Cn1ncc2ccccc21. The van der Waals surface area contributed by atoms with Crippen molar-refractivity contribution in [3.63, 3.8) is 0 Å². The van der Waals surface area contributed by atoms with Crippen LogP contribution in [0.2, 0.25) is 0 Å². The van der Waals surface area contributed by atoms with Crippen LogP contribution >= 0.6 is 12.4 Å². The number of benzene rings is 2. The molecule has 0 aliphatic carbocycles. The molecule has 2 aliphatic rings. The predicted octanol–water partition coefficient (Wildman–Crippen LogP) is 4.30. The summed E-state index contributed by atoms with van der Waals surface area (Å²) >= 11 is 0. The monoisotopic (exact) mass is 466 g/mol. The fourth-order valence-electron chi connectivity index (χ4n) is 5.23. The van der Waals surface area contributed by atoms with Gasteiger partial charge in [0.15, 0.2) is 5.69 Å². The number of piperidine rings is 2. The molecule has 0 saturated carbocycles. The van der Waals surface area contributed by atoms with Crippen molar-refractivity contribution >= 4 is 40.1 Å². The van der Waals surface area contributed by atoms with Crippen LogP contribution in [0.5, 0.6) is 0 Å². The molecule has 0 spiro atoms. The molecule has 2 aromatic heterocycles. The smallest absolute Gasteiger partial charge is 0.272 e. The number of nitrogens with zero attached hydrogens (tertiary/aromatic N) is 4. The highest BCUT2D eigenvalue weighted by atomic mass is 35.5.